The van der Waals surface area contributed by atoms with Crippen molar-refractivity contribution >= 4 is 10.8 Å². The molecule has 7 aromatic rings. The van der Waals surface area contributed by atoms with Gasteiger partial charge < -0.3 is 0 Å². The fraction of sp³-hybridized carbons (Fsp3) is 0.487. The summed E-state index contributed by atoms with van der Waals surface area (Å²) in [5, 5.41) is 2.86. The molecular formula is C78H104. The molecule has 0 aromatic heterocycles. The van der Waals surface area contributed by atoms with Crippen LogP contribution in [0.25, 0.3) is 33.0 Å². The predicted octanol–water partition coefficient (Wildman–Crippen LogP) is 23.0. The Balaban J connectivity index is 0.000000155. The van der Waals surface area contributed by atoms with Crippen molar-refractivity contribution in [3.63, 3.8) is 0 Å². The van der Waals surface area contributed by atoms with E-state index < -0.39 is 0 Å². The molecule has 0 heteroatoms. The van der Waals surface area contributed by atoms with Crippen molar-refractivity contribution in [3.8, 4) is 22.3 Å². The molecule has 3 unspecified atom stereocenters. The van der Waals surface area contributed by atoms with Gasteiger partial charge in [-0.3, -0.25) is 0 Å². The molecule has 0 saturated carbocycles. The Bertz CT molecular complexity index is 3300. The van der Waals surface area contributed by atoms with Gasteiger partial charge in [0.1, 0.15) is 0 Å². The Labute approximate surface area is 477 Å². The molecule has 8 aliphatic rings. The maximum Gasteiger partial charge on any atom is 0.0159 e. The highest BCUT2D eigenvalue weighted by Crippen LogP contribution is 2.65. The summed E-state index contributed by atoms with van der Waals surface area (Å²) in [6.07, 6.45) is 6.56. The lowest BCUT2D eigenvalue weighted by atomic mass is 9.59. The van der Waals surface area contributed by atoms with Gasteiger partial charge in [0.2, 0.25) is 0 Å². The zero-order valence-corrected chi connectivity index (χ0v) is 53.7. The Morgan fingerprint density at radius 3 is 1.31 bits per heavy atom. The van der Waals surface area contributed by atoms with E-state index in [2.05, 4.69) is 198 Å². The summed E-state index contributed by atoms with van der Waals surface area (Å²) in [4.78, 5) is 0. The lowest BCUT2D eigenvalue weighted by Gasteiger charge is -2.45. The van der Waals surface area contributed by atoms with Crippen LogP contribution in [-0.4, -0.2) is 0 Å². The molecule has 78 heavy (non-hydrogen) atoms. The Morgan fingerprint density at radius 2 is 0.718 bits per heavy atom. The average molecular weight is 1040 g/mol. The number of hydrogen-bond acceptors (Lipinski definition) is 0. The molecule has 0 fully saturated rings. The smallest absolute Gasteiger partial charge is 0.0159 e. The van der Waals surface area contributed by atoms with Crippen LogP contribution in [0, 0.1) is 5.92 Å². The first-order valence-corrected chi connectivity index (χ1v) is 31.6. The lowest BCUT2D eigenvalue weighted by Crippen LogP contribution is -2.35. The SMILES string of the molecule is CC.CC.CC.CC.CC.CC.CC1(C)c2cccc3c2-c2c1ccc1c2C(CCC1)C3(C)C.CC1(C)c2cccc3c2-c2c1ccc1cccc(c21)C3(C)C.CC1(C)c2cccc3c2C2c4c1cccc4C(C)(C)C2CC3. The van der Waals surface area contributed by atoms with Gasteiger partial charge >= 0.3 is 0 Å². The maximum absolute atomic E-state index is 2.48. The van der Waals surface area contributed by atoms with Crippen LogP contribution in [0.4, 0.5) is 0 Å². The average Bonchev–Trinajstić information content (AvgIpc) is 4.08. The molecule has 416 valence electrons. The van der Waals surface area contributed by atoms with Gasteiger partial charge in [-0.2, -0.15) is 0 Å². The van der Waals surface area contributed by atoms with E-state index in [1.54, 1.807) is 72.3 Å². The summed E-state index contributed by atoms with van der Waals surface area (Å²) < 4.78 is 0. The highest BCUT2D eigenvalue weighted by molar-refractivity contribution is 6.08. The van der Waals surface area contributed by atoms with Crippen molar-refractivity contribution in [1.82, 2.24) is 0 Å². The quantitative estimate of drug-likeness (QED) is 0.142. The summed E-state index contributed by atoms with van der Waals surface area (Å²) in [6, 6.07) is 44.4. The predicted molar refractivity (Wildman–Crippen MR) is 346 cm³/mol. The molecule has 0 saturated heterocycles. The molecule has 0 amide bonds. The third kappa shape index (κ3) is 8.47. The fourth-order valence-corrected chi connectivity index (χ4v) is 16.4. The van der Waals surface area contributed by atoms with E-state index >= 15 is 0 Å². The van der Waals surface area contributed by atoms with Crippen LogP contribution in [0.5, 0.6) is 0 Å². The minimum atomic E-state index is 0.0664. The summed E-state index contributed by atoms with van der Waals surface area (Å²) in [5.74, 6) is 2.12. The Morgan fingerprint density at radius 1 is 0.308 bits per heavy atom. The van der Waals surface area contributed by atoms with Crippen molar-refractivity contribution in [3.05, 3.63) is 199 Å². The third-order valence-corrected chi connectivity index (χ3v) is 19.9. The molecule has 0 heterocycles. The van der Waals surface area contributed by atoms with E-state index in [9.17, 15) is 0 Å². The van der Waals surface area contributed by atoms with Gasteiger partial charge in [0.05, 0.1) is 0 Å². The van der Waals surface area contributed by atoms with Gasteiger partial charge in [-0.05, 0) is 171 Å². The zero-order chi connectivity index (χ0) is 57.8. The van der Waals surface area contributed by atoms with Crippen LogP contribution in [0.3, 0.4) is 0 Å². The van der Waals surface area contributed by atoms with Crippen molar-refractivity contribution in [2.24, 2.45) is 5.92 Å². The molecule has 0 nitrogen and oxygen atoms in total. The van der Waals surface area contributed by atoms with E-state index in [0.29, 0.717) is 17.3 Å². The van der Waals surface area contributed by atoms with Gasteiger partial charge in [0.25, 0.3) is 0 Å². The number of hydrogen-bond donors (Lipinski definition) is 0. The minimum Gasteiger partial charge on any atom is -0.0683 e. The first-order valence-electron chi connectivity index (χ1n) is 31.6. The lowest BCUT2D eigenvalue weighted by molar-refractivity contribution is 0.286. The highest BCUT2D eigenvalue weighted by atomic mass is 14.6. The van der Waals surface area contributed by atoms with Crippen LogP contribution in [0.2, 0.25) is 0 Å². The molecule has 0 spiro atoms. The first kappa shape index (κ1) is 60.4. The van der Waals surface area contributed by atoms with Crippen molar-refractivity contribution < 1.29 is 0 Å². The topological polar surface area (TPSA) is 0 Å². The van der Waals surface area contributed by atoms with E-state index in [4.69, 9.17) is 0 Å². The Kier molecular flexibility index (Phi) is 17.3. The van der Waals surface area contributed by atoms with E-state index in [0.717, 1.165) is 5.92 Å². The first-order chi connectivity index (χ1) is 37.3. The van der Waals surface area contributed by atoms with Gasteiger partial charge in [-0.1, -0.05) is 281 Å². The fourth-order valence-electron chi connectivity index (χ4n) is 16.4. The molecule has 3 atom stereocenters. The second kappa shape index (κ2) is 22.4. The van der Waals surface area contributed by atoms with Crippen molar-refractivity contribution in [2.75, 3.05) is 0 Å². The van der Waals surface area contributed by atoms with Gasteiger partial charge in [-0.15, -0.1) is 0 Å². The molecule has 0 bridgehead atoms. The van der Waals surface area contributed by atoms with Crippen LogP contribution < -0.4 is 0 Å². The molecule has 8 aliphatic carbocycles. The number of rotatable bonds is 0. The number of aryl methyl sites for hydroxylation is 2. The van der Waals surface area contributed by atoms with Crippen LogP contribution in [0.15, 0.2) is 115 Å². The maximum atomic E-state index is 2.48. The van der Waals surface area contributed by atoms with Crippen molar-refractivity contribution in [1.29, 1.82) is 0 Å². The Hall–Kier alpha value is -5.20. The molecule has 0 N–H and O–H groups in total. The van der Waals surface area contributed by atoms with Crippen LogP contribution >= 0.6 is 0 Å². The van der Waals surface area contributed by atoms with Gasteiger partial charge in [0.15, 0.2) is 0 Å². The second-order valence-electron chi connectivity index (χ2n) is 25.1. The number of benzene rings is 7. The van der Waals surface area contributed by atoms with Crippen LogP contribution in [0.1, 0.15) is 281 Å². The van der Waals surface area contributed by atoms with E-state index in [1.165, 1.54) is 76.3 Å². The van der Waals surface area contributed by atoms with E-state index in [-0.39, 0.29) is 27.1 Å². The minimum absolute atomic E-state index is 0.0664. The summed E-state index contributed by atoms with van der Waals surface area (Å²) in [5.41, 5.74) is 31.0. The van der Waals surface area contributed by atoms with Gasteiger partial charge in [-0.25, -0.2) is 0 Å². The largest absolute Gasteiger partial charge is 0.0683 e. The molecule has 15 rings (SSSR count). The van der Waals surface area contributed by atoms with E-state index in [1.807, 2.05) is 83.1 Å². The van der Waals surface area contributed by atoms with Gasteiger partial charge in [0, 0.05) is 27.6 Å². The third-order valence-electron chi connectivity index (χ3n) is 19.9. The normalized spacial score (nSPS) is 20.8. The molecular weight excluding hydrogens is 937 g/mol. The van der Waals surface area contributed by atoms with Crippen LogP contribution in [-0.2, 0) is 45.3 Å². The molecule has 0 radical (unpaired) electrons. The monoisotopic (exact) mass is 1040 g/mol. The standard InChI is InChI=1S/2C22H24.C22H20.6C2H6/c3*1-21(2)14-8-5-7-13-11-12-17-20(18(13)14)19-15(21)9-6-10-16(19)22(17,3)4;6*1-2/h6,9-12,14H,5,7-8H2,1-4H3;5-10,17,20H,11-12H2,1-4H3;5-12H,1-4H3;6*1-2H3. The van der Waals surface area contributed by atoms with Crippen molar-refractivity contribution in [2.45, 2.75) is 243 Å². The summed E-state index contributed by atoms with van der Waals surface area (Å²) in [7, 11) is 0. The molecule has 7 aromatic carbocycles. The second-order valence-corrected chi connectivity index (χ2v) is 25.1. The highest BCUT2D eigenvalue weighted by Gasteiger charge is 2.55. The summed E-state index contributed by atoms with van der Waals surface area (Å²) >= 11 is 0. The zero-order valence-electron chi connectivity index (χ0n) is 53.7. The molecule has 0 aliphatic heterocycles. The summed E-state index contributed by atoms with van der Waals surface area (Å²) in [6.45, 7) is 53.0.